The van der Waals surface area contributed by atoms with E-state index in [1.807, 2.05) is 41.9 Å². The lowest BCUT2D eigenvalue weighted by molar-refractivity contribution is 0.0986. The number of halogens is 1. The van der Waals surface area contributed by atoms with Crippen molar-refractivity contribution >= 4 is 32.6 Å². The van der Waals surface area contributed by atoms with E-state index in [0.29, 0.717) is 10.2 Å². The Morgan fingerprint density at radius 3 is 2.81 bits per heavy atom. The quantitative estimate of drug-likeness (QED) is 0.679. The Morgan fingerprint density at radius 2 is 2.05 bits per heavy atom. The molecule has 0 aliphatic rings. The van der Waals surface area contributed by atoms with Gasteiger partial charge in [-0.1, -0.05) is 18.2 Å². The number of aromatic nitrogens is 3. The van der Waals surface area contributed by atoms with Crippen molar-refractivity contribution in [2.45, 2.75) is 19.9 Å². The van der Waals surface area contributed by atoms with Crippen LogP contribution in [-0.4, -0.2) is 20.5 Å². The summed E-state index contributed by atoms with van der Waals surface area (Å²) in [5.74, 6) is -0.0334. The van der Waals surface area contributed by atoms with Gasteiger partial charge in [-0.3, -0.25) is 14.5 Å². The van der Waals surface area contributed by atoms with Gasteiger partial charge in [0.15, 0.2) is 5.78 Å². The van der Waals surface area contributed by atoms with E-state index in [4.69, 9.17) is 0 Å². The van der Waals surface area contributed by atoms with Crippen molar-refractivity contribution in [3.8, 4) is 0 Å². The van der Waals surface area contributed by atoms with E-state index < -0.39 is 0 Å². The molecule has 4 nitrogen and oxygen atoms in total. The summed E-state index contributed by atoms with van der Waals surface area (Å²) < 4.78 is 2.64. The van der Waals surface area contributed by atoms with Crippen LogP contribution in [0, 0.1) is 0 Å². The number of rotatable bonds is 4. The number of carbonyl (C=O) groups excluding carboxylic acids is 1. The van der Waals surface area contributed by atoms with Crippen molar-refractivity contribution in [2.24, 2.45) is 0 Å². The third kappa shape index (κ3) is 2.61. The van der Waals surface area contributed by atoms with Gasteiger partial charge in [0, 0.05) is 22.6 Å². The van der Waals surface area contributed by atoms with Crippen molar-refractivity contribution in [1.82, 2.24) is 14.8 Å². The molecule has 106 valence electrons. The molecule has 2 heterocycles. The molecule has 0 saturated heterocycles. The first-order valence-corrected chi connectivity index (χ1v) is 7.58. The molecule has 0 aliphatic carbocycles. The Hall–Kier alpha value is -2.01. The van der Waals surface area contributed by atoms with Gasteiger partial charge in [0.25, 0.3) is 0 Å². The summed E-state index contributed by atoms with van der Waals surface area (Å²) in [7, 11) is 0. The molecule has 0 fully saturated rings. The molecule has 0 N–H and O–H groups in total. The molecule has 5 heteroatoms. The van der Waals surface area contributed by atoms with Crippen LogP contribution < -0.4 is 0 Å². The topological polar surface area (TPSA) is 47.8 Å². The summed E-state index contributed by atoms with van der Waals surface area (Å²) in [6.45, 7) is 2.82. The number of pyridine rings is 1. The molecule has 0 aliphatic heterocycles. The highest BCUT2D eigenvalue weighted by molar-refractivity contribution is 9.10. The second-order valence-electron chi connectivity index (χ2n) is 4.71. The number of hydrogen-bond donors (Lipinski definition) is 0. The number of fused-ring (bicyclic) bond motifs is 1. The summed E-state index contributed by atoms with van der Waals surface area (Å²) in [4.78, 5) is 16.6. The fraction of sp³-hybridized carbons (Fsp3) is 0.188. The minimum absolute atomic E-state index is 0.0334. The van der Waals surface area contributed by atoms with E-state index in [2.05, 4.69) is 26.0 Å². The lowest BCUT2D eigenvalue weighted by Crippen LogP contribution is -2.08. The van der Waals surface area contributed by atoms with Crippen molar-refractivity contribution < 1.29 is 4.79 Å². The predicted octanol–water partition coefficient (Wildman–Crippen LogP) is 3.64. The number of Topliss-reactive ketones (excluding diaryl/α,β-unsaturated/α-hetero) is 1. The van der Waals surface area contributed by atoms with Gasteiger partial charge in [0.1, 0.15) is 5.69 Å². The van der Waals surface area contributed by atoms with Gasteiger partial charge in [-0.2, -0.15) is 5.10 Å². The van der Waals surface area contributed by atoms with Crippen LogP contribution in [0.1, 0.15) is 23.1 Å². The van der Waals surface area contributed by atoms with E-state index >= 15 is 0 Å². The Kier molecular flexibility index (Phi) is 3.84. The van der Waals surface area contributed by atoms with Crippen LogP contribution in [0.2, 0.25) is 0 Å². The van der Waals surface area contributed by atoms with Gasteiger partial charge in [0.2, 0.25) is 0 Å². The van der Waals surface area contributed by atoms with Crippen molar-refractivity contribution in [2.75, 3.05) is 0 Å². The van der Waals surface area contributed by atoms with E-state index in [1.165, 1.54) is 0 Å². The van der Waals surface area contributed by atoms with Crippen LogP contribution in [0.3, 0.4) is 0 Å². The molecule has 0 atom stereocenters. The van der Waals surface area contributed by atoms with E-state index in [0.717, 1.165) is 23.1 Å². The third-order valence-electron chi connectivity index (χ3n) is 3.38. The Labute approximate surface area is 130 Å². The monoisotopic (exact) mass is 343 g/mol. The maximum Gasteiger partial charge on any atom is 0.188 e. The fourth-order valence-electron chi connectivity index (χ4n) is 2.39. The average Bonchev–Trinajstić information content (AvgIpc) is 2.86. The van der Waals surface area contributed by atoms with Crippen molar-refractivity contribution in [3.63, 3.8) is 0 Å². The van der Waals surface area contributed by atoms with Gasteiger partial charge in [-0.15, -0.1) is 0 Å². The molecule has 0 unspecified atom stereocenters. The fourth-order valence-corrected chi connectivity index (χ4v) is 2.87. The first-order valence-electron chi connectivity index (χ1n) is 6.79. The Morgan fingerprint density at radius 1 is 1.24 bits per heavy atom. The maximum absolute atomic E-state index is 12.4. The normalized spacial score (nSPS) is 11.0. The van der Waals surface area contributed by atoms with Crippen molar-refractivity contribution in [3.05, 3.63) is 58.5 Å². The molecule has 0 bridgehead atoms. The van der Waals surface area contributed by atoms with Crippen LogP contribution in [-0.2, 0) is 13.0 Å². The number of benzene rings is 1. The van der Waals surface area contributed by atoms with Crippen LogP contribution in [0.15, 0.2) is 47.1 Å². The third-order valence-corrected chi connectivity index (χ3v) is 4.02. The second-order valence-corrected chi connectivity index (χ2v) is 5.57. The molecule has 3 aromatic rings. The number of nitrogens with zero attached hydrogens (tertiary/aromatic N) is 3. The minimum atomic E-state index is -0.0334. The van der Waals surface area contributed by atoms with Gasteiger partial charge < -0.3 is 0 Å². The molecular formula is C16H14BrN3O. The number of para-hydroxylation sites is 1. The van der Waals surface area contributed by atoms with Gasteiger partial charge in [-0.25, -0.2) is 0 Å². The molecule has 0 radical (unpaired) electrons. The summed E-state index contributed by atoms with van der Waals surface area (Å²) >= 11 is 3.37. The van der Waals surface area contributed by atoms with E-state index in [1.54, 1.807) is 12.3 Å². The SMILES string of the molecule is CCn1nc(CC(=O)c2ncccc2Br)c2ccccc21. The molecule has 0 amide bonds. The van der Waals surface area contributed by atoms with Crippen LogP contribution in [0.5, 0.6) is 0 Å². The highest BCUT2D eigenvalue weighted by Gasteiger charge is 2.16. The highest BCUT2D eigenvalue weighted by atomic mass is 79.9. The van der Waals surface area contributed by atoms with Gasteiger partial charge in [0.05, 0.1) is 17.6 Å². The number of aryl methyl sites for hydroxylation is 1. The highest BCUT2D eigenvalue weighted by Crippen LogP contribution is 2.21. The largest absolute Gasteiger partial charge is 0.292 e. The molecule has 21 heavy (non-hydrogen) atoms. The zero-order valence-corrected chi connectivity index (χ0v) is 13.2. The first kappa shape index (κ1) is 13.9. The minimum Gasteiger partial charge on any atom is -0.292 e. The molecule has 0 spiro atoms. The zero-order valence-electron chi connectivity index (χ0n) is 11.6. The molecule has 0 saturated carbocycles. The number of carbonyl (C=O) groups is 1. The number of hydrogen-bond acceptors (Lipinski definition) is 3. The second kappa shape index (κ2) is 5.77. The van der Waals surface area contributed by atoms with Gasteiger partial charge >= 0.3 is 0 Å². The summed E-state index contributed by atoms with van der Waals surface area (Å²) in [5, 5.41) is 5.58. The summed E-state index contributed by atoms with van der Waals surface area (Å²) in [6, 6.07) is 11.6. The standard InChI is InChI=1S/C16H14BrN3O/c1-2-20-14-8-4-3-6-11(14)13(19-20)10-15(21)16-12(17)7-5-9-18-16/h3-9H,2,10H2,1H3. The van der Waals surface area contributed by atoms with E-state index in [9.17, 15) is 4.79 Å². The zero-order chi connectivity index (χ0) is 14.8. The van der Waals surface area contributed by atoms with Crippen molar-refractivity contribution in [1.29, 1.82) is 0 Å². The first-order chi connectivity index (χ1) is 10.2. The van der Waals surface area contributed by atoms with Crippen LogP contribution >= 0.6 is 15.9 Å². The summed E-state index contributed by atoms with van der Waals surface area (Å²) in [6.07, 6.45) is 1.88. The maximum atomic E-state index is 12.4. The Bertz CT molecular complexity index is 810. The number of ketones is 1. The molecule has 2 aromatic heterocycles. The molecule has 1 aromatic carbocycles. The van der Waals surface area contributed by atoms with Crippen LogP contribution in [0.4, 0.5) is 0 Å². The lowest BCUT2D eigenvalue weighted by atomic mass is 10.1. The molecular weight excluding hydrogens is 330 g/mol. The lowest BCUT2D eigenvalue weighted by Gasteiger charge is -2.01. The predicted molar refractivity (Wildman–Crippen MR) is 85.4 cm³/mol. The average molecular weight is 344 g/mol. The van der Waals surface area contributed by atoms with E-state index in [-0.39, 0.29) is 12.2 Å². The smallest absolute Gasteiger partial charge is 0.188 e. The van der Waals surface area contributed by atoms with Crippen LogP contribution in [0.25, 0.3) is 10.9 Å². The molecule has 3 rings (SSSR count). The van der Waals surface area contributed by atoms with Gasteiger partial charge in [-0.05, 0) is 41.1 Å². The summed E-state index contributed by atoms with van der Waals surface area (Å²) in [5.41, 5.74) is 2.31. The Balaban J connectivity index is 1.99.